The molecule has 2 bridgehead atoms. The topological polar surface area (TPSA) is 154 Å². The van der Waals surface area contributed by atoms with Gasteiger partial charge in [-0.2, -0.15) is 0 Å². The number of methoxy groups -OCH3 is 1. The first-order chi connectivity index (χ1) is 19.7. The fourth-order valence-electron chi connectivity index (χ4n) is 10.1. The molecule has 2 spiro atoms. The smallest absolute Gasteiger partial charge is 0.330 e. The molecule has 0 unspecified atom stereocenters. The Bertz CT molecular complexity index is 1430. The second-order valence-electron chi connectivity index (χ2n) is 13.9. The zero-order chi connectivity index (χ0) is 30.3. The number of Topliss-reactive ketones (excluding diaryl/α,β-unsaturated/α-hetero) is 1. The van der Waals surface area contributed by atoms with E-state index in [0.717, 1.165) is 0 Å². The van der Waals surface area contributed by atoms with E-state index in [1.54, 1.807) is 40.0 Å². The van der Waals surface area contributed by atoms with Crippen molar-refractivity contribution in [2.45, 2.75) is 95.1 Å². The Morgan fingerprint density at radius 1 is 1.17 bits per heavy atom. The number of rotatable bonds is 5. The molecule has 0 aromatic carbocycles. The number of aliphatic hydroxyl groups is 1. The maximum absolute atomic E-state index is 14.8. The molecular weight excluding hydrogens is 548 g/mol. The highest BCUT2D eigenvalue weighted by atomic mass is 16.7. The van der Waals surface area contributed by atoms with Crippen LogP contribution < -0.4 is 0 Å². The number of hydrogen-bond acceptors (Lipinski definition) is 11. The van der Waals surface area contributed by atoms with E-state index < -0.39 is 93.0 Å². The average molecular weight is 585 g/mol. The van der Waals surface area contributed by atoms with E-state index in [1.807, 2.05) is 6.92 Å². The van der Waals surface area contributed by atoms with Gasteiger partial charge in [-0.15, -0.1) is 0 Å². The molecule has 3 aliphatic heterocycles. The summed E-state index contributed by atoms with van der Waals surface area (Å²) in [7, 11) is 1.27. The number of ketones is 1. The van der Waals surface area contributed by atoms with Crippen LogP contribution in [0.25, 0.3) is 0 Å². The standard InChI is InChI=1S/C31H36O11/c1-7-8-19(32)40-24-26(2,3)16(11-20(33)37-6)28(5)23(35)29(24,36)25-30(42-25)17-12-21(34)39-22(15-9-10-38-14-15)27(17,4)13-18-31(28,30)41-18/h7-10,14,16-18,22,24-25,36H,11-13H2,1-6H3/b8-7+/t16-,17+,18+,22-,24-,25+,27+,28+,29-,30+,31-/m0/s1. The normalized spacial score (nSPS) is 49.1. The number of allylic oxidation sites excluding steroid dienone is 1. The summed E-state index contributed by atoms with van der Waals surface area (Å²) in [6, 6.07) is 1.75. The van der Waals surface area contributed by atoms with Crippen molar-refractivity contribution >= 4 is 23.7 Å². The van der Waals surface area contributed by atoms with E-state index in [-0.39, 0.29) is 12.8 Å². The van der Waals surface area contributed by atoms with E-state index in [9.17, 15) is 24.3 Å². The van der Waals surface area contributed by atoms with Crippen LogP contribution in [0.5, 0.6) is 0 Å². The van der Waals surface area contributed by atoms with Crippen molar-refractivity contribution in [2.24, 2.45) is 28.1 Å². The summed E-state index contributed by atoms with van der Waals surface area (Å²) in [5, 5.41) is 12.6. The first-order valence-corrected chi connectivity index (χ1v) is 14.5. The van der Waals surface area contributed by atoms with Crippen LogP contribution in [-0.4, -0.2) is 71.0 Å². The Labute approximate surface area is 242 Å². The third-order valence-corrected chi connectivity index (χ3v) is 11.8. The molecule has 0 amide bonds. The lowest BCUT2D eigenvalue weighted by molar-refractivity contribution is -0.247. The first-order valence-electron chi connectivity index (χ1n) is 14.5. The third kappa shape index (κ3) is 2.83. The van der Waals surface area contributed by atoms with Gasteiger partial charge in [-0.3, -0.25) is 14.4 Å². The van der Waals surface area contributed by atoms with Crippen LogP contribution in [0.3, 0.4) is 0 Å². The van der Waals surface area contributed by atoms with Crippen molar-refractivity contribution in [1.82, 2.24) is 0 Å². The van der Waals surface area contributed by atoms with E-state index in [4.69, 9.17) is 28.1 Å². The highest BCUT2D eigenvalue weighted by molar-refractivity contribution is 6.01. The number of cyclic esters (lactones) is 1. The molecule has 1 aromatic heterocycles. The molecule has 42 heavy (non-hydrogen) atoms. The molecule has 3 saturated carbocycles. The molecule has 1 aromatic rings. The molecule has 11 nitrogen and oxygen atoms in total. The lowest BCUT2D eigenvalue weighted by atomic mass is 9.36. The molecule has 1 N–H and O–H groups in total. The van der Waals surface area contributed by atoms with Gasteiger partial charge in [0.1, 0.15) is 29.5 Å². The van der Waals surface area contributed by atoms with Crippen molar-refractivity contribution in [3.63, 3.8) is 0 Å². The molecule has 3 aliphatic carbocycles. The van der Waals surface area contributed by atoms with Crippen molar-refractivity contribution < 1.29 is 52.4 Å². The van der Waals surface area contributed by atoms with Gasteiger partial charge >= 0.3 is 17.9 Å². The zero-order valence-corrected chi connectivity index (χ0v) is 24.5. The van der Waals surface area contributed by atoms with Gasteiger partial charge in [0.25, 0.3) is 0 Å². The quantitative estimate of drug-likeness (QED) is 0.235. The summed E-state index contributed by atoms with van der Waals surface area (Å²) in [6.45, 7) is 8.97. The average Bonchev–Trinajstić information content (AvgIpc) is 3.80. The number of carbonyl (C=O) groups excluding carboxylic acids is 4. The van der Waals surface area contributed by atoms with Crippen LogP contribution in [0.15, 0.2) is 35.2 Å². The summed E-state index contributed by atoms with van der Waals surface area (Å²) in [6.07, 6.45) is 2.40. The van der Waals surface area contributed by atoms with Crippen molar-refractivity contribution in [3.8, 4) is 0 Å². The van der Waals surface area contributed by atoms with E-state index >= 15 is 0 Å². The van der Waals surface area contributed by atoms with Crippen LogP contribution in [0.4, 0.5) is 0 Å². The number of epoxide rings is 2. The number of ether oxygens (including phenoxy) is 5. The molecule has 11 atom stereocenters. The van der Waals surface area contributed by atoms with Gasteiger partial charge in [-0.25, -0.2) is 4.79 Å². The first kappa shape index (κ1) is 27.8. The van der Waals surface area contributed by atoms with Crippen LogP contribution in [0.1, 0.15) is 65.5 Å². The van der Waals surface area contributed by atoms with Gasteiger partial charge in [0.05, 0.1) is 44.0 Å². The predicted octanol–water partition coefficient (Wildman–Crippen LogP) is 2.60. The lowest BCUT2D eigenvalue weighted by Gasteiger charge is -2.65. The molecule has 0 radical (unpaired) electrons. The Morgan fingerprint density at radius 3 is 2.55 bits per heavy atom. The SMILES string of the molecule is C/C=C/C(=O)O[C@H]1C(C)(C)[C@H](CC(=O)OC)[C@]2(C)C(=O)[C@@]1(O)[C@H]1O[C@]13[C@@H]1CC(=O)O[C@@H](c4ccoc4)[C@]1(C)C[C@H]1O[C@]132. The lowest BCUT2D eigenvalue weighted by Crippen LogP contribution is -2.83. The summed E-state index contributed by atoms with van der Waals surface area (Å²) >= 11 is 0. The number of furan rings is 1. The molecule has 226 valence electrons. The Balaban J connectivity index is 1.44. The Morgan fingerprint density at radius 2 is 1.90 bits per heavy atom. The monoisotopic (exact) mass is 584 g/mol. The van der Waals surface area contributed by atoms with Gasteiger partial charge in [0, 0.05) is 28.4 Å². The maximum atomic E-state index is 14.8. The minimum Gasteiger partial charge on any atom is -0.472 e. The van der Waals surface area contributed by atoms with Gasteiger partial charge < -0.3 is 33.2 Å². The molecule has 6 fully saturated rings. The minimum absolute atomic E-state index is 0.0202. The maximum Gasteiger partial charge on any atom is 0.330 e. The number of carbonyl (C=O) groups is 4. The summed E-state index contributed by atoms with van der Waals surface area (Å²) in [5.41, 5.74) is -7.33. The molecule has 6 aliphatic rings. The molecule has 3 saturated heterocycles. The highest BCUT2D eigenvalue weighted by Crippen LogP contribution is 2.85. The van der Waals surface area contributed by atoms with Crippen molar-refractivity contribution in [1.29, 1.82) is 0 Å². The predicted molar refractivity (Wildman–Crippen MR) is 140 cm³/mol. The number of hydrogen-bond donors (Lipinski definition) is 1. The largest absolute Gasteiger partial charge is 0.472 e. The van der Waals surface area contributed by atoms with Crippen molar-refractivity contribution in [2.75, 3.05) is 7.11 Å². The van der Waals surface area contributed by atoms with Crippen LogP contribution in [-0.2, 0) is 42.9 Å². The molecule has 11 heteroatoms. The molecule has 4 heterocycles. The Hall–Kier alpha value is -3.02. The zero-order valence-electron chi connectivity index (χ0n) is 24.5. The third-order valence-electron chi connectivity index (χ3n) is 11.8. The number of fused-ring (bicyclic) bond motifs is 4. The van der Waals surface area contributed by atoms with E-state index in [0.29, 0.717) is 12.0 Å². The second kappa shape index (κ2) is 8.12. The van der Waals surface area contributed by atoms with Gasteiger partial charge in [0.2, 0.25) is 0 Å². The van der Waals surface area contributed by atoms with Crippen LogP contribution >= 0.6 is 0 Å². The Kier molecular flexibility index (Phi) is 5.37. The van der Waals surface area contributed by atoms with Crippen LogP contribution in [0, 0.1) is 28.1 Å². The highest BCUT2D eigenvalue weighted by Gasteiger charge is 3.02. The minimum atomic E-state index is -2.27. The number of esters is 3. The molecule has 7 rings (SSSR count). The summed E-state index contributed by atoms with van der Waals surface area (Å²) in [4.78, 5) is 53.8. The van der Waals surface area contributed by atoms with Gasteiger partial charge in [-0.05, 0) is 32.3 Å². The van der Waals surface area contributed by atoms with Gasteiger partial charge in [0.15, 0.2) is 11.4 Å². The fourth-order valence-corrected chi connectivity index (χ4v) is 10.1. The summed E-state index contributed by atoms with van der Waals surface area (Å²) in [5.74, 6) is -3.61. The van der Waals surface area contributed by atoms with Gasteiger partial charge in [-0.1, -0.05) is 26.8 Å². The fraction of sp³-hybridized carbons (Fsp3) is 0.677. The second-order valence-corrected chi connectivity index (χ2v) is 13.9. The summed E-state index contributed by atoms with van der Waals surface area (Å²) < 4.78 is 35.5. The molecular formula is C31H36O11. The van der Waals surface area contributed by atoms with E-state index in [1.165, 1.54) is 25.5 Å². The van der Waals surface area contributed by atoms with Crippen LogP contribution in [0.2, 0.25) is 0 Å². The van der Waals surface area contributed by atoms with E-state index in [2.05, 4.69) is 0 Å². The van der Waals surface area contributed by atoms with Crippen molar-refractivity contribution in [3.05, 3.63) is 36.3 Å².